The van der Waals surface area contributed by atoms with Crippen molar-refractivity contribution in [1.82, 2.24) is 10.2 Å². The molecule has 47 heavy (non-hydrogen) atoms. The number of ketones is 1. The first kappa shape index (κ1) is 36.1. The lowest BCUT2D eigenvalue weighted by atomic mass is 9.33. The number of aliphatic carboxylic acids is 1. The Bertz CT molecular complexity index is 1360. The number of amides is 1. The summed E-state index contributed by atoms with van der Waals surface area (Å²) in [6, 6.07) is 0. The third-order valence-electron chi connectivity index (χ3n) is 14.6. The molecular weight excluding hydrogens is 592 g/mol. The number of rotatable bonds is 8. The fourth-order valence-corrected chi connectivity index (χ4v) is 12.2. The van der Waals surface area contributed by atoms with Crippen LogP contribution in [0.3, 0.4) is 0 Å². The molecule has 5 aliphatic rings. The van der Waals surface area contributed by atoms with Crippen LogP contribution in [-0.4, -0.2) is 65.9 Å². The maximum Gasteiger partial charge on any atom is 0.309 e. The molecule has 8 atom stereocenters. The summed E-state index contributed by atoms with van der Waals surface area (Å²) in [4.78, 5) is 53.7. The first-order valence-corrected chi connectivity index (χ1v) is 18.2. The van der Waals surface area contributed by atoms with Gasteiger partial charge >= 0.3 is 11.9 Å². The fraction of sp³-hybridized carbons (Fsp3) is 0.846. The highest BCUT2D eigenvalue weighted by Crippen LogP contribution is 2.75. The molecular formula is C39H62N2O6. The monoisotopic (exact) mass is 654 g/mol. The maximum atomic E-state index is 13.8. The zero-order valence-corrected chi connectivity index (χ0v) is 31.1. The number of ether oxygens (including phenoxy) is 1. The minimum absolute atomic E-state index is 0.00433. The third kappa shape index (κ3) is 5.51. The van der Waals surface area contributed by atoms with Crippen LogP contribution in [0, 0.1) is 50.7 Å². The number of likely N-dealkylation sites (N-methyl/N-ethyl adjacent to an activating group) is 1. The van der Waals surface area contributed by atoms with Crippen LogP contribution < -0.4 is 5.32 Å². The van der Waals surface area contributed by atoms with Gasteiger partial charge in [-0.2, -0.15) is 0 Å². The molecule has 1 amide bonds. The molecule has 3 unspecified atom stereocenters. The topological polar surface area (TPSA) is 113 Å². The minimum atomic E-state index is -1.16. The third-order valence-corrected chi connectivity index (χ3v) is 14.6. The molecule has 0 aromatic rings. The van der Waals surface area contributed by atoms with Crippen LogP contribution in [0.25, 0.3) is 0 Å². The molecule has 0 saturated heterocycles. The standard InChI is InChI=1S/C39H62N2O6/c1-23(2)31-25(42)20-39(40-29(43)22-41(10)11)19-18-37(8)24(32(31)39)12-13-27-36(7)16-15-28(47-30(44)21-34(3,4)33(45)46)35(5,6)26(36)14-17-38(27,37)9/h23-24,26-28H,12-22H2,1-11H3,(H,40,43)(H,45,46)/t24?,26?,27?,28-,36-,37+,38+,39+/m0/s1. The van der Waals surface area contributed by atoms with E-state index in [1.807, 2.05) is 19.0 Å². The van der Waals surface area contributed by atoms with E-state index in [-0.39, 0.29) is 57.7 Å². The van der Waals surface area contributed by atoms with Gasteiger partial charge < -0.3 is 20.1 Å². The van der Waals surface area contributed by atoms with Crippen molar-refractivity contribution in [2.24, 2.45) is 50.7 Å². The maximum absolute atomic E-state index is 13.8. The summed E-state index contributed by atoms with van der Waals surface area (Å²) in [5.74, 6) is 0.0368. The molecule has 2 N–H and O–H groups in total. The number of carbonyl (C=O) groups excluding carboxylic acids is 3. The molecule has 5 aliphatic carbocycles. The summed E-state index contributed by atoms with van der Waals surface area (Å²) in [6.45, 7) is 19.8. The highest BCUT2D eigenvalue weighted by molar-refractivity contribution is 6.02. The Morgan fingerprint density at radius 2 is 1.60 bits per heavy atom. The summed E-state index contributed by atoms with van der Waals surface area (Å²) in [5.41, 5.74) is 0.391. The van der Waals surface area contributed by atoms with E-state index in [4.69, 9.17) is 4.74 Å². The van der Waals surface area contributed by atoms with E-state index in [2.05, 4.69) is 53.8 Å². The number of Topliss-reactive ketones (excluding diaryl/α,β-unsaturated/α-hetero) is 1. The number of allylic oxidation sites excluding steroid dienone is 1. The lowest BCUT2D eigenvalue weighted by Gasteiger charge is -2.72. The van der Waals surface area contributed by atoms with Crippen LogP contribution in [0.15, 0.2) is 11.1 Å². The van der Waals surface area contributed by atoms with Crippen LogP contribution in [0.2, 0.25) is 0 Å². The van der Waals surface area contributed by atoms with Crippen molar-refractivity contribution in [3.63, 3.8) is 0 Å². The molecule has 0 aromatic heterocycles. The first-order chi connectivity index (χ1) is 21.6. The zero-order chi connectivity index (χ0) is 35.1. The number of esters is 1. The summed E-state index contributed by atoms with van der Waals surface area (Å²) >= 11 is 0. The molecule has 5 rings (SSSR count). The number of carboxylic acid groups (broad SMARTS) is 1. The van der Waals surface area contributed by atoms with Crippen molar-refractivity contribution in [1.29, 1.82) is 0 Å². The Morgan fingerprint density at radius 1 is 0.936 bits per heavy atom. The molecule has 0 spiro atoms. The van der Waals surface area contributed by atoms with E-state index in [0.29, 0.717) is 24.8 Å². The first-order valence-electron chi connectivity index (χ1n) is 18.2. The molecule has 0 heterocycles. The predicted molar refractivity (Wildman–Crippen MR) is 182 cm³/mol. The normalized spacial score (nSPS) is 39.6. The van der Waals surface area contributed by atoms with Gasteiger partial charge in [-0.15, -0.1) is 0 Å². The van der Waals surface area contributed by atoms with Gasteiger partial charge in [0.25, 0.3) is 0 Å². The number of carbonyl (C=O) groups is 4. The summed E-state index contributed by atoms with van der Waals surface area (Å²) in [6.07, 6.45) is 7.80. The molecule has 264 valence electrons. The van der Waals surface area contributed by atoms with E-state index in [1.165, 1.54) is 5.57 Å². The smallest absolute Gasteiger partial charge is 0.309 e. The van der Waals surface area contributed by atoms with Gasteiger partial charge in [-0.1, -0.05) is 48.5 Å². The van der Waals surface area contributed by atoms with Gasteiger partial charge in [0.15, 0.2) is 5.78 Å². The van der Waals surface area contributed by atoms with Gasteiger partial charge in [-0.05, 0) is 130 Å². The van der Waals surface area contributed by atoms with Crippen molar-refractivity contribution < 1.29 is 29.0 Å². The van der Waals surface area contributed by atoms with Gasteiger partial charge in [-0.25, -0.2) is 0 Å². The average molecular weight is 655 g/mol. The highest BCUT2D eigenvalue weighted by atomic mass is 16.5. The lowest BCUT2D eigenvalue weighted by molar-refractivity contribution is -0.232. The molecule has 4 fully saturated rings. The second-order valence-electron chi connectivity index (χ2n) is 18.8. The SMILES string of the molecule is CC(C)C1=C2C3CCC4[C@@]5(C)CC[C@H](OC(=O)CC(C)(C)C(=O)O)C(C)(C)C5CC[C@@]4(C)[C@]3(C)CC[C@@]2(NC(=O)CN(C)C)CC1=O. The van der Waals surface area contributed by atoms with E-state index < -0.39 is 22.9 Å². The Kier molecular flexibility index (Phi) is 8.97. The second-order valence-corrected chi connectivity index (χ2v) is 18.8. The van der Waals surface area contributed by atoms with E-state index in [1.54, 1.807) is 13.8 Å². The van der Waals surface area contributed by atoms with Crippen molar-refractivity contribution >= 4 is 23.6 Å². The number of carboxylic acids is 1. The summed E-state index contributed by atoms with van der Waals surface area (Å²) in [7, 11) is 3.81. The molecule has 0 bridgehead atoms. The van der Waals surface area contributed by atoms with Crippen LogP contribution >= 0.6 is 0 Å². The molecule has 4 saturated carbocycles. The van der Waals surface area contributed by atoms with Gasteiger partial charge in [0.2, 0.25) is 5.91 Å². The van der Waals surface area contributed by atoms with Crippen molar-refractivity contribution in [2.75, 3.05) is 20.6 Å². The highest BCUT2D eigenvalue weighted by Gasteiger charge is 2.70. The Balaban J connectivity index is 1.45. The number of nitrogens with one attached hydrogen (secondary N) is 1. The van der Waals surface area contributed by atoms with Gasteiger partial charge in [0.05, 0.1) is 23.9 Å². The zero-order valence-electron chi connectivity index (χ0n) is 31.1. The summed E-state index contributed by atoms with van der Waals surface area (Å²) < 4.78 is 6.13. The largest absolute Gasteiger partial charge is 0.481 e. The molecule has 0 aliphatic heterocycles. The number of nitrogens with zero attached hydrogens (tertiary/aromatic N) is 1. The lowest BCUT2D eigenvalue weighted by Crippen LogP contribution is -2.67. The Hall–Kier alpha value is -2.22. The fourth-order valence-electron chi connectivity index (χ4n) is 12.2. The van der Waals surface area contributed by atoms with Gasteiger partial charge in [0, 0.05) is 11.8 Å². The number of hydrogen-bond acceptors (Lipinski definition) is 6. The number of hydrogen-bond donors (Lipinski definition) is 2. The Labute approximate surface area is 283 Å². The van der Waals surface area contributed by atoms with Crippen molar-refractivity contribution in [3.05, 3.63) is 11.1 Å². The van der Waals surface area contributed by atoms with E-state index in [0.717, 1.165) is 56.9 Å². The Morgan fingerprint density at radius 3 is 2.19 bits per heavy atom. The molecule has 8 heteroatoms. The second kappa shape index (κ2) is 11.7. The van der Waals surface area contributed by atoms with Crippen LogP contribution in [-0.2, 0) is 23.9 Å². The predicted octanol–water partition coefficient (Wildman–Crippen LogP) is 6.81. The van der Waals surface area contributed by atoms with Crippen molar-refractivity contribution in [2.45, 2.75) is 138 Å². The van der Waals surface area contributed by atoms with Crippen LogP contribution in [0.5, 0.6) is 0 Å². The average Bonchev–Trinajstić information content (AvgIpc) is 3.21. The van der Waals surface area contributed by atoms with Gasteiger partial charge in [-0.3, -0.25) is 19.2 Å². The quantitative estimate of drug-likeness (QED) is 0.277. The van der Waals surface area contributed by atoms with Crippen LogP contribution in [0.4, 0.5) is 0 Å². The van der Waals surface area contributed by atoms with Crippen molar-refractivity contribution in [3.8, 4) is 0 Å². The molecule has 0 radical (unpaired) electrons. The number of fused-ring (bicyclic) bond motifs is 7. The van der Waals surface area contributed by atoms with E-state index in [9.17, 15) is 24.3 Å². The minimum Gasteiger partial charge on any atom is -0.481 e. The molecule has 0 aromatic carbocycles. The summed E-state index contributed by atoms with van der Waals surface area (Å²) in [5, 5.41) is 13.0. The van der Waals surface area contributed by atoms with Gasteiger partial charge in [0.1, 0.15) is 6.10 Å². The van der Waals surface area contributed by atoms with E-state index >= 15 is 0 Å². The molecule has 8 nitrogen and oxygen atoms in total. The van der Waals surface area contributed by atoms with Crippen LogP contribution in [0.1, 0.15) is 127 Å².